The monoisotopic (exact) mass is 275 g/mol. The molecule has 0 amide bonds. The fourth-order valence-corrected chi connectivity index (χ4v) is 5.57. The Kier molecular flexibility index (Phi) is 4.22. The number of hydrazone groups is 1. The number of hydrazine groups is 1. The molecule has 2 aliphatic rings. The molecule has 0 unspecified atom stereocenters. The Morgan fingerprint density at radius 1 is 1.53 bits per heavy atom. The van der Waals surface area contributed by atoms with Crippen LogP contribution in [-0.4, -0.2) is 57.1 Å². The van der Waals surface area contributed by atoms with Crippen molar-refractivity contribution >= 4 is 36.0 Å². The average Bonchev–Trinajstić information content (AvgIpc) is 2.69. The normalized spacial score (nSPS) is 28.6. The maximum atomic E-state index is 11.8. The van der Waals surface area contributed by atoms with Crippen LogP contribution in [-0.2, 0) is 4.79 Å². The summed E-state index contributed by atoms with van der Waals surface area (Å²) >= 11 is 3.77. The minimum absolute atomic E-state index is 0.0227. The molecule has 1 atom stereocenters. The van der Waals surface area contributed by atoms with Gasteiger partial charge in [0.2, 0.25) is 0 Å². The van der Waals surface area contributed by atoms with Gasteiger partial charge in [-0.15, -0.1) is 23.5 Å². The average molecular weight is 275 g/mol. The van der Waals surface area contributed by atoms with Gasteiger partial charge in [0, 0.05) is 6.42 Å². The van der Waals surface area contributed by atoms with Gasteiger partial charge in [-0.05, 0) is 17.9 Å². The maximum Gasteiger partial charge on any atom is 0.197 e. The second-order valence-corrected chi connectivity index (χ2v) is 7.40. The molecule has 2 saturated heterocycles. The van der Waals surface area contributed by atoms with E-state index in [1.807, 2.05) is 23.5 Å². The Balaban J connectivity index is 2.12. The van der Waals surface area contributed by atoms with Crippen LogP contribution in [0.15, 0.2) is 0 Å². The Hall–Kier alpha value is -0.400. The van der Waals surface area contributed by atoms with E-state index < -0.39 is 0 Å². The molecule has 2 fully saturated rings. The summed E-state index contributed by atoms with van der Waals surface area (Å²) in [5, 5.41) is 13.4. The van der Waals surface area contributed by atoms with Crippen LogP contribution in [0.2, 0.25) is 0 Å². The minimum Gasteiger partial charge on any atom is -0.597 e. The molecule has 0 aromatic heterocycles. The predicted octanol–water partition coefficient (Wildman–Crippen LogP) is 0.281. The Morgan fingerprint density at radius 2 is 2.24 bits per heavy atom. The first-order valence-corrected chi connectivity index (χ1v) is 7.67. The van der Waals surface area contributed by atoms with Gasteiger partial charge in [-0.2, -0.15) is 5.01 Å². The van der Waals surface area contributed by atoms with Crippen molar-refractivity contribution in [2.75, 3.05) is 24.6 Å². The van der Waals surface area contributed by atoms with Crippen LogP contribution in [0.25, 0.3) is 0 Å². The number of hydrogen-bond donors (Lipinski definition) is 1. The van der Waals surface area contributed by atoms with Crippen LogP contribution in [0.3, 0.4) is 0 Å². The van der Waals surface area contributed by atoms with Crippen LogP contribution in [0, 0.1) is 5.21 Å². The fourth-order valence-electron chi connectivity index (χ4n) is 2.21. The lowest BCUT2D eigenvalue weighted by Gasteiger charge is -2.30. The predicted molar refractivity (Wildman–Crippen MR) is 72.2 cm³/mol. The van der Waals surface area contributed by atoms with Gasteiger partial charge in [0.05, 0.1) is 17.2 Å². The molecule has 5 nitrogen and oxygen atoms in total. The Labute approximate surface area is 109 Å². The number of nitrogens with two attached hydrogens (primary N) is 1. The highest BCUT2D eigenvalue weighted by Gasteiger charge is 2.49. The van der Waals surface area contributed by atoms with E-state index in [9.17, 15) is 10.0 Å². The molecule has 96 valence electrons. The summed E-state index contributed by atoms with van der Waals surface area (Å²) in [5.41, 5.74) is 5.33. The van der Waals surface area contributed by atoms with E-state index in [0.717, 1.165) is 29.1 Å². The van der Waals surface area contributed by atoms with Crippen molar-refractivity contribution in [3.8, 4) is 0 Å². The number of thioether (sulfide) groups is 2. The highest BCUT2D eigenvalue weighted by molar-refractivity contribution is 8.18. The lowest BCUT2D eigenvalue weighted by atomic mass is 10.2. The van der Waals surface area contributed by atoms with E-state index in [-0.39, 0.29) is 16.7 Å². The third-order valence-corrected chi connectivity index (χ3v) is 6.33. The third kappa shape index (κ3) is 2.71. The molecular formula is C10H17N3O2S2. The number of rotatable bonds is 3. The molecule has 2 heterocycles. The van der Waals surface area contributed by atoms with Crippen LogP contribution in [0.4, 0.5) is 0 Å². The van der Waals surface area contributed by atoms with Gasteiger partial charge in [-0.1, -0.05) is 4.85 Å². The second kappa shape index (κ2) is 5.49. The Morgan fingerprint density at radius 3 is 2.82 bits per heavy atom. The van der Waals surface area contributed by atoms with Crippen LogP contribution < -0.4 is 5.73 Å². The van der Waals surface area contributed by atoms with Crippen LogP contribution in [0.5, 0.6) is 0 Å². The van der Waals surface area contributed by atoms with E-state index in [0.29, 0.717) is 6.54 Å². The standard InChI is InChI=1S/C10H17N3O2S2/c11-2-3-13(15)12-8-10(6-9(12)7-14)16-4-1-5-17-10/h3,7,9H,1-2,4-6,8,11H2/b13-3-/t9-/m0/s1. The van der Waals surface area contributed by atoms with Crippen molar-refractivity contribution in [2.45, 2.75) is 23.0 Å². The lowest BCUT2D eigenvalue weighted by molar-refractivity contribution is -0.634. The minimum atomic E-state index is -0.312. The van der Waals surface area contributed by atoms with Crippen molar-refractivity contribution < 1.29 is 9.64 Å². The van der Waals surface area contributed by atoms with Crippen molar-refractivity contribution in [1.29, 1.82) is 0 Å². The smallest absolute Gasteiger partial charge is 0.197 e. The van der Waals surface area contributed by atoms with Gasteiger partial charge in [0.15, 0.2) is 6.21 Å². The number of carbonyl (C=O) groups is 1. The highest BCUT2D eigenvalue weighted by Crippen LogP contribution is 2.49. The summed E-state index contributed by atoms with van der Waals surface area (Å²) in [6.07, 6.45) is 4.20. The fraction of sp³-hybridized carbons (Fsp3) is 0.800. The molecule has 0 saturated carbocycles. The van der Waals surface area contributed by atoms with Gasteiger partial charge in [0.25, 0.3) is 0 Å². The maximum absolute atomic E-state index is 11.8. The SMILES string of the molecule is NC/C=[N+](\[O-])N1CC2(C[C@H]1C=O)SCCCS2. The third-order valence-electron chi connectivity index (χ3n) is 3.00. The molecule has 1 spiro atoms. The molecule has 7 heteroatoms. The Bertz CT molecular complexity index is 319. The van der Waals surface area contributed by atoms with Crippen molar-refractivity contribution in [1.82, 2.24) is 5.01 Å². The topological polar surface area (TPSA) is 72.4 Å². The van der Waals surface area contributed by atoms with E-state index in [1.54, 1.807) is 5.01 Å². The highest BCUT2D eigenvalue weighted by atomic mass is 32.2. The van der Waals surface area contributed by atoms with Gasteiger partial charge < -0.3 is 15.7 Å². The van der Waals surface area contributed by atoms with Gasteiger partial charge >= 0.3 is 0 Å². The molecule has 0 aromatic carbocycles. The number of hydrogen-bond acceptors (Lipinski definition) is 6. The van der Waals surface area contributed by atoms with Gasteiger partial charge in [-0.3, -0.25) is 0 Å². The first-order valence-electron chi connectivity index (χ1n) is 5.70. The summed E-state index contributed by atoms with van der Waals surface area (Å²) in [6, 6.07) is -0.312. The zero-order valence-corrected chi connectivity index (χ0v) is 11.2. The quantitative estimate of drug-likeness (QED) is 0.262. The molecular weight excluding hydrogens is 258 g/mol. The zero-order valence-electron chi connectivity index (χ0n) is 9.58. The van der Waals surface area contributed by atoms with Gasteiger partial charge in [0.1, 0.15) is 12.3 Å². The van der Waals surface area contributed by atoms with E-state index in [1.165, 1.54) is 12.6 Å². The molecule has 0 bridgehead atoms. The summed E-state index contributed by atoms with van der Waals surface area (Å²) in [5.74, 6) is 2.23. The number of nitrogens with zero attached hydrogens (tertiary/aromatic N) is 2. The van der Waals surface area contributed by atoms with Gasteiger partial charge in [-0.25, -0.2) is 0 Å². The summed E-state index contributed by atoms with van der Waals surface area (Å²) < 4.78 is 0.0227. The van der Waals surface area contributed by atoms with Crippen molar-refractivity contribution in [2.24, 2.45) is 5.73 Å². The summed E-state index contributed by atoms with van der Waals surface area (Å²) in [6.45, 7) is 0.824. The largest absolute Gasteiger partial charge is 0.597 e. The van der Waals surface area contributed by atoms with E-state index >= 15 is 0 Å². The lowest BCUT2D eigenvalue weighted by Crippen LogP contribution is -2.39. The van der Waals surface area contributed by atoms with E-state index in [2.05, 4.69) is 0 Å². The number of carbonyl (C=O) groups excluding carboxylic acids is 1. The van der Waals surface area contributed by atoms with Crippen molar-refractivity contribution in [3.05, 3.63) is 5.21 Å². The second-order valence-electron chi connectivity index (χ2n) is 4.19. The first-order chi connectivity index (χ1) is 8.21. The molecule has 2 N–H and O–H groups in total. The molecule has 2 aliphatic heterocycles. The molecule has 2 rings (SSSR count). The molecule has 0 aliphatic carbocycles. The summed E-state index contributed by atoms with van der Waals surface area (Å²) in [4.78, 5) is 11.8. The summed E-state index contributed by atoms with van der Waals surface area (Å²) in [7, 11) is 0. The van der Waals surface area contributed by atoms with Crippen LogP contribution in [0.1, 0.15) is 12.8 Å². The zero-order chi connectivity index (χ0) is 12.3. The van der Waals surface area contributed by atoms with E-state index in [4.69, 9.17) is 5.73 Å². The molecule has 0 aromatic rings. The van der Waals surface area contributed by atoms with Crippen LogP contribution >= 0.6 is 23.5 Å². The first kappa shape index (κ1) is 13.0. The number of aldehydes is 1. The molecule has 0 radical (unpaired) electrons. The van der Waals surface area contributed by atoms with Crippen molar-refractivity contribution in [3.63, 3.8) is 0 Å². The molecule has 17 heavy (non-hydrogen) atoms.